The number of hydrogen-bond donors (Lipinski definition) is 1. The van der Waals surface area contributed by atoms with Crippen LogP contribution >= 0.6 is 0 Å². The van der Waals surface area contributed by atoms with Gasteiger partial charge in [-0.25, -0.2) is 17.2 Å². The second kappa shape index (κ2) is 11.5. The van der Waals surface area contributed by atoms with E-state index in [0.717, 1.165) is 16.8 Å². The van der Waals surface area contributed by atoms with Crippen LogP contribution in [-0.4, -0.2) is 68.5 Å². The highest BCUT2D eigenvalue weighted by Crippen LogP contribution is 2.34. The lowest BCUT2D eigenvalue weighted by Gasteiger charge is -2.38. The van der Waals surface area contributed by atoms with E-state index in [4.69, 9.17) is 15.2 Å². The molecular formula is C27H31F2N5O5S. The normalized spacial score (nSPS) is 19.8. The first-order chi connectivity index (χ1) is 19.1. The van der Waals surface area contributed by atoms with Crippen molar-refractivity contribution < 1.29 is 26.7 Å². The molecule has 0 unspecified atom stereocenters. The van der Waals surface area contributed by atoms with Gasteiger partial charge in [-0.05, 0) is 48.6 Å². The number of nitrogens with two attached hydrogens (primary N) is 1. The van der Waals surface area contributed by atoms with Crippen LogP contribution < -0.4 is 20.9 Å². The van der Waals surface area contributed by atoms with E-state index in [1.54, 1.807) is 31.4 Å². The highest BCUT2D eigenvalue weighted by molar-refractivity contribution is 7.88. The molecule has 1 aliphatic heterocycles. The van der Waals surface area contributed by atoms with Crippen LogP contribution in [-0.2, 0) is 20.5 Å². The molecule has 2 N–H and O–H groups in total. The first-order valence-corrected chi connectivity index (χ1v) is 14.6. The molecule has 0 atom stereocenters. The van der Waals surface area contributed by atoms with Gasteiger partial charge >= 0.3 is 5.56 Å². The number of piperazine rings is 1. The molecule has 5 rings (SSSR count). The molecule has 2 fully saturated rings. The summed E-state index contributed by atoms with van der Waals surface area (Å²) >= 11 is 0. The summed E-state index contributed by atoms with van der Waals surface area (Å²) in [5.41, 5.74) is 6.58. The van der Waals surface area contributed by atoms with E-state index in [1.165, 1.54) is 10.5 Å². The van der Waals surface area contributed by atoms with Gasteiger partial charge in [0.25, 0.3) is 0 Å². The average Bonchev–Trinajstić information content (AvgIpc) is 2.89. The Morgan fingerprint density at radius 1 is 1.02 bits per heavy atom. The van der Waals surface area contributed by atoms with E-state index in [2.05, 4.69) is 5.10 Å². The van der Waals surface area contributed by atoms with Crippen molar-refractivity contribution in [3.63, 3.8) is 0 Å². The molecule has 1 aromatic heterocycles. The quantitative estimate of drug-likeness (QED) is 0.387. The molecule has 1 saturated carbocycles. The van der Waals surface area contributed by atoms with Gasteiger partial charge in [-0.2, -0.15) is 14.1 Å². The van der Waals surface area contributed by atoms with Crippen molar-refractivity contribution in [3.05, 3.63) is 76.2 Å². The van der Waals surface area contributed by atoms with Crippen LogP contribution in [0.4, 0.5) is 20.2 Å². The van der Waals surface area contributed by atoms with E-state index < -0.39 is 27.2 Å². The molecular weight excluding hydrogens is 544 g/mol. The summed E-state index contributed by atoms with van der Waals surface area (Å²) in [7, 11) is -1.95. The predicted octanol–water partition coefficient (Wildman–Crippen LogP) is 2.55. The van der Waals surface area contributed by atoms with Crippen LogP contribution in [0.15, 0.2) is 53.5 Å². The minimum atomic E-state index is -3.58. The van der Waals surface area contributed by atoms with Crippen LogP contribution in [0.3, 0.4) is 0 Å². The van der Waals surface area contributed by atoms with Crippen molar-refractivity contribution in [2.24, 2.45) is 5.92 Å². The lowest BCUT2D eigenvalue weighted by Crippen LogP contribution is -2.49. The van der Waals surface area contributed by atoms with Crippen molar-refractivity contribution in [1.29, 1.82) is 0 Å². The molecule has 0 bridgehead atoms. The molecule has 0 spiro atoms. The van der Waals surface area contributed by atoms with Crippen LogP contribution in [0.2, 0.25) is 0 Å². The summed E-state index contributed by atoms with van der Waals surface area (Å²) in [6, 6.07) is 9.46. The number of sulfonamides is 1. The second-order valence-electron chi connectivity index (χ2n) is 10.1. The third kappa shape index (κ3) is 6.11. The maximum absolute atomic E-state index is 13.9. The van der Waals surface area contributed by atoms with Gasteiger partial charge in [-0.1, -0.05) is 12.1 Å². The van der Waals surface area contributed by atoms with Gasteiger partial charge in [-0.15, -0.1) is 0 Å². The molecule has 2 aliphatic rings. The van der Waals surface area contributed by atoms with Crippen molar-refractivity contribution >= 4 is 21.4 Å². The Balaban J connectivity index is 1.37. The number of halogens is 2. The fourth-order valence-electron chi connectivity index (χ4n) is 5.04. The van der Waals surface area contributed by atoms with Gasteiger partial charge in [0.05, 0.1) is 23.7 Å². The molecule has 10 nitrogen and oxygen atoms in total. The topological polar surface area (TPSA) is 120 Å². The van der Waals surface area contributed by atoms with E-state index in [0.29, 0.717) is 61.5 Å². The number of methoxy groups -OCH3 is 1. The molecule has 0 radical (unpaired) electrons. The van der Waals surface area contributed by atoms with E-state index in [1.807, 2.05) is 4.90 Å². The first kappa shape index (κ1) is 28.0. The van der Waals surface area contributed by atoms with Crippen LogP contribution in [0, 0.1) is 17.6 Å². The Morgan fingerprint density at radius 2 is 1.68 bits per heavy atom. The van der Waals surface area contributed by atoms with Gasteiger partial charge in [0.15, 0.2) is 0 Å². The largest absolute Gasteiger partial charge is 0.483 e. The molecule has 1 aliphatic carbocycles. The third-order valence-electron chi connectivity index (χ3n) is 7.19. The van der Waals surface area contributed by atoms with Crippen molar-refractivity contribution in [1.82, 2.24) is 14.1 Å². The Morgan fingerprint density at radius 3 is 2.30 bits per heavy atom. The number of anilines is 2. The summed E-state index contributed by atoms with van der Waals surface area (Å²) < 4.78 is 67.6. The number of nitrogens with zero attached hydrogens (tertiary/aromatic N) is 4. The highest BCUT2D eigenvalue weighted by atomic mass is 32.2. The zero-order valence-corrected chi connectivity index (χ0v) is 22.8. The minimum Gasteiger partial charge on any atom is -0.483 e. The minimum absolute atomic E-state index is 0.0127. The summed E-state index contributed by atoms with van der Waals surface area (Å²) in [5.74, 6) is -1.50. The van der Waals surface area contributed by atoms with E-state index in [9.17, 15) is 22.0 Å². The van der Waals surface area contributed by atoms with Gasteiger partial charge in [-0.3, -0.25) is 4.79 Å². The lowest BCUT2D eigenvalue weighted by atomic mass is 9.83. The molecule has 1 saturated heterocycles. The number of benzene rings is 2. The molecule has 40 heavy (non-hydrogen) atoms. The van der Waals surface area contributed by atoms with E-state index in [-0.39, 0.29) is 36.4 Å². The summed E-state index contributed by atoms with van der Waals surface area (Å²) in [4.78, 5) is 15.4. The Kier molecular flexibility index (Phi) is 8.06. The monoisotopic (exact) mass is 575 g/mol. The number of ether oxygens (including phenoxy) is 2. The highest BCUT2D eigenvalue weighted by Gasteiger charge is 2.34. The summed E-state index contributed by atoms with van der Waals surface area (Å²) in [5, 5.41) is 4.18. The third-order valence-corrected chi connectivity index (χ3v) is 9.04. The lowest BCUT2D eigenvalue weighted by molar-refractivity contribution is 0.0173. The number of rotatable bonds is 9. The number of hydrogen-bond acceptors (Lipinski definition) is 8. The molecule has 3 aromatic rings. The fraction of sp³-hybridized carbons (Fsp3) is 0.407. The summed E-state index contributed by atoms with van der Waals surface area (Å²) in [6.07, 6.45) is 2.58. The van der Waals surface area contributed by atoms with Gasteiger partial charge in [0, 0.05) is 51.6 Å². The fourth-order valence-corrected chi connectivity index (χ4v) is 6.56. The maximum atomic E-state index is 13.9. The smallest absolute Gasteiger partial charge is 0.316 e. The maximum Gasteiger partial charge on any atom is 0.316 e. The summed E-state index contributed by atoms with van der Waals surface area (Å²) in [6.45, 7) is 1.59. The Hall–Kier alpha value is -3.55. The molecule has 2 aromatic carbocycles. The van der Waals surface area contributed by atoms with Gasteiger partial charge < -0.3 is 20.1 Å². The SMILES string of the molecule is COC[C@H]1C[C@@H](Oc2c(N3CCN(S(=O)(=O)Cc4ccc(N)cc4)CC3)cnn(-c3cc(F)cc(F)c3)c2=O)C1. The van der Waals surface area contributed by atoms with Crippen LogP contribution in [0.1, 0.15) is 18.4 Å². The molecule has 2 heterocycles. The van der Waals surface area contributed by atoms with Gasteiger partial charge in [0.1, 0.15) is 17.3 Å². The Labute approximate surface area is 231 Å². The first-order valence-electron chi connectivity index (χ1n) is 12.9. The zero-order valence-electron chi connectivity index (χ0n) is 22.0. The van der Waals surface area contributed by atoms with Crippen molar-refractivity contribution in [3.8, 4) is 11.4 Å². The number of nitrogen functional groups attached to an aromatic ring is 1. The zero-order chi connectivity index (χ0) is 28.4. The Bertz CT molecular complexity index is 1500. The van der Waals surface area contributed by atoms with Crippen LogP contribution in [0.25, 0.3) is 5.69 Å². The van der Waals surface area contributed by atoms with Crippen LogP contribution in [0.5, 0.6) is 5.75 Å². The predicted molar refractivity (Wildman–Crippen MR) is 146 cm³/mol. The van der Waals surface area contributed by atoms with E-state index >= 15 is 0 Å². The molecule has 13 heteroatoms. The number of aromatic nitrogens is 2. The standard InChI is InChI=1S/C27H31F2N5O5S/c1-38-16-19-10-24(11-19)39-26-25(15-31-34(27(26)35)23-13-20(28)12-21(29)14-23)32-6-8-33(9-7-32)40(36,37)17-18-2-4-22(30)5-3-18/h2-5,12-15,19,24H,6-11,16-17,30H2,1H3/t19-,24+. The van der Waals surface area contributed by atoms with Crippen molar-refractivity contribution in [2.75, 3.05) is 50.5 Å². The van der Waals surface area contributed by atoms with Gasteiger partial charge in [0.2, 0.25) is 15.8 Å². The van der Waals surface area contributed by atoms with Crippen molar-refractivity contribution in [2.45, 2.75) is 24.7 Å². The molecule has 214 valence electrons. The second-order valence-corrected chi connectivity index (χ2v) is 12.1. The molecule has 0 amide bonds. The average molecular weight is 576 g/mol.